The van der Waals surface area contributed by atoms with Crippen molar-refractivity contribution in [3.8, 4) is 5.69 Å². The summed E-state index contributed by atoms with van der Waals surface area (Å²) in [6.45, 7) is 5.93. The average Bonchev–Trinajstić information content (AvgIpc) is 2.76. The summed E-state index contributed by atoms with van der Waals surface area (Å²) in [7, 11) is 1.66. The monoisotopic (exact) mass is 277 g/mol. The maximum Gasteiger partial charge on any atom is 0.123 e. The number of aryl methyl sites for hydroxylation is 1. The van der Waals surface area contributed by atoms with Gasteiger partial charge in [-0.15, -0.1) is 0 Å². The number of nitrogens with one attached hydrogen (secondary N) is 1. The molecule has 0 aliphatic heterocycles. The van der Waals surface area contributed by atoms with Crippen LogP contribution in [0.15, 0.2) is 24.5 Å². The summed E-state index contributed by atoms with van der Waals surface area (Å²) in [5, 5.41) is 3.24. The predicted octanol–water partition coefficient (Wildman–Crippen LogP) is 2.36. The molecule has 0 fully saturated rings. The molecular weight excluding hydrogens is 257 g/mol. The van der Waals surface area contributed by atoms with Crippen molar-refractivity contribution in [2.75, 3.05) is 20.3 Å². The van der Waals surface area contributed by atoms with Crippen LogP contribution in [0.4, 0.5) is 4.39 Å². The minimum absolute atomic E-state index is 0.230. The smallest absolute Gasteiger partial charge is 0.123 e. The van der Waals surface area contributed by atoms with Gasteiger partial charge >= 0.3 is 0 Å². The first-order valence-corrected chi connectivity index (χ1v) is 6.62. The molecule has 1 aromatic heterocycles. The minimum Gasteiger partial charge on any atom is -0.383 e. The maximum absolute atomic E-state index is 13.5. The SMILES string of the molecule is COCCNCc1cc(F)ccc1-n1cnc(C)c1C. The number of hydrogen-bond donors (Lipinski definition) is 1. The Bertz CT molecular complexity index is 580. The summed E-state index contributed by atoms with van der Waals surface area (Å²) in [4.78, 5) is 4.29. The number of methoxy groups -OCH3 is 1. The van der Waals surface area contributed by atoms with E-state index in [1.807, 2.05) is 18.4 Å². The van der Waals surface area contributed by atoms with Crippen molar-refractivity contribution < 1.29 is 9.13 Å². The number of imidazole rings is 1. The molecule has 2 rings (SSSR count). The van der Waals surface area contributed by atoms with Crippen LogP contribution in [0.1, 0.15) is 17.0 Å². The Morgan fingerprint density at radius 3 is 2.80 bits per heavy atom. The highest BCUT2D eigenvalue weighted by Crippen LogP contribution is 2.19. The third-order valence-electron chi connectivity index (χ3n) is 3.35. The summed E-state index contributed by atoms with van der Waals surface area (Å²) in [6.07, 6.45) is 1.77. The second kappa shape index (κ2) is 6.63. The van der Waals surface area contributed by atoms with Gasteiger partial charge in [-0.3, -0.25) is 0 Å². The number of benzene rings is 1. The van der Waals surface area contributed by atoms with Gasteiger partial charge < -0.3 is 14.6 Å². The minimum atomic E-state index is -0.230. The molecule has 0 aliphatic rings. The highest BCUT2D eigenvalue weighted by Gasteiger charge is 2.10. The van der Waals surface area contributed by atoms with Crippen molar-refractivity contribution in [1.29, 1.82) is 0 Å². The molecule has 0 saturated heterocycles. The maximum atomic E-state index is 13.5. The normalized spacial score (nSPS) is 11.0. The zero-order chi connectivity index (χ0) is 14.5. The first-order valence-electron chi connectivity index (χ1n) is 6.62. The van der Waals surface area contributed by atoms with E-state index in [1.54, 1.807) is 25.6 Å². The van der Waals surface area contributed by atoms with Crippen LogP contribution < -0.4 is 5.32 Å². The quantitative estimate of drug-likeness (QED) is 0.824. The third kappa shape index (κ3) is 3.23. The van der Waals surface area contributed by atoms with Crippen molar-refractivity contribution in [2.24, 2.45) is 0 Å². The van der Waals surface area contributed by atoms with Gasteiger partial charge in [0.15, 0.2) is 0 Å². The molecule has 20 heavy (non-hydrogen) atoms. The molecule has 5 heteroatoms. The van der Waals surface area contributed by atoms with Gasteiger partial charge in [-0.1, -0.05) is 0 Å². The molecule has 0 unspecified atom stereocenters. The molecule has 108 valence electrons. The summed E-state index contributed by atoms with van der Waals surface area (Å²) in [6, 6.07) is 4.82. The van der Waals surface area contributed by atoms with Gasteiger partial charge in [-0.2, -0.15) is 0 Å². The van der Waals surface area contributed by atoms with Gasteiger partial charge in [0.25, 0.3) is 0 Å². The van der Waals surface area contributed by atoms with E-state index < -0.39 is 0 Å². The lowest BCUT2D eigenvalue weighted by Crippen LogP contribution is -2.19. The molecule has 0 aliphatic carbocycles. The number of hydrogen-bond acceptors (Lipinski definition) is 3. The van der Waals surface area contributed by atoms with Crippen LogP contribution in [-0.4, -0.2) is 29.8 Å². The average molecular weight is 277 g/mol. The van der Waals surface area contributed by atoms with E-state index in [2.05, 4.69) is 10.3 Å². The van der Waals surface area contributed by atoms with Gasteiger partial charge in [-0.05, 0) is 37.6 Å². The van der Waals surface area contributed by atoms with Gasteiger partial charge in [0.05, 0.1) is 24.3 Å². The number of aromatic nitrogens is 2. The summed E-state index contributed by atoms with van der Waals surface area (Å²) >= 11 is 0. The predicted molar refractivity (Wildman–Crippen MR) is 76.6 cm³/mol. The van der Waals surface area contributed by atoms with Crippen LogP contribution in [0.25, 0.3) is 5.69 Å². The largest absolute Gasteiger partial charge is 0.383 e. The zero-order valence-electron chi connectivity index (χ0n) is 12.1. The van der Waals surface area contributed by atoms with Crippen molar-refractivity contribution in [2.45, 2.75) is 20.4 Å². The molecule has 0 spiro atoms. The molecule has 2 aromatic rings. The first kappa shape index (κ1) is 14.7. The lowest BCUT2D eigenvalue weighted by atomic mass is 10.1. The van der Waals surface area contributed by atoms with E-state index in [-0.39, 0.29) is 5.82 Å². The second-order valence-corrected chi connectivity index (χ2v) is 4.73. The lowest BCUT2D eigenvalue weighted by Gasteiger charge is -2.13. The molecule has 0 atom stereocenters. The standard InChI is InChI=1S/C15H20FN3O/c1-11-12(2)19(10-18-11)15-5-4-14(16)8-13(15)9-17-6-7-20-3/h4-5,8,10,17H,6-7,9H2,1-3H3. The Kier molecular flexibility index (Phi) is 4.87. The van der Waals surface area contributed by atoms with Crippen molar-refractivity contribution in [3.63, 3.8) is 0 Å². The van der Waals surface area contributed by atoms with E-state index in [4.69, 9.17) is 4.74 Å². The molecule has 0 bridgehead atoms. The fourth-order valence-electron chi connectivity index (χ4n) is 2.07. The third-order valence-corrected chi connectivity index (χ3v) is 3.35. The van der Waals surface area contributed by atoms with Crippen molar-refractivity contribution in [3.05, 3.63) is 47.3 Å². The Labute approximate surface area is 118 Å². The number of nitrogens with zero attached hydrogens (tertiary/aromatic N) is 2. The van der Waals surface area contributed by atoms with Crippen molar-refractivity contribution >= 4 is 0 Å². The van der Waals surface area contributed by atoms with E-state index >= 15 is 0 Å². The highest BCUT2D eigenvalue weighted by molar-refractivity contribution is 5.43. The van der Waals surface area contributed by atoms with Gasteiger partial charge in [0.1, 0.15) is 5.82 Å². The number of halogens is 1. The summed E-state index contributed by atoms with van der Waals surface area (Å²) < 4.78 is 20.4. The Morgan fingerprint density at radius 2 is 2.15 bits per heavy atom. The van der Waals surface area contributed by atoms with Gasteiger partial charge in [0.2, 0.25) is 0 Å². The summed E-state index contributed by atoms with van der Waals surface area (Å²) in [5.41, 5.74) is 3.90. The second-order valence-electron chi connectivity index (χ2n) is 4.73. The molecule has 0 saturated carbocycles. The fourth-order valence-corrected chi connectivity index (χ4v) is 2.07. The van der Waals surface area contributed by atoms with Crippen LogP contribution in [-0.2, 0) is 11.3 Å². The number of ether oxygens (including phenoxy) is 1. The van der Waals surface area contributed by atoms with E-state index in [1.165, 1.54) is 6.07 Å². The van der Waals surface area contributed by atoms with E-state index in [0.717, 1.165) is 29.2 Å². The van der Waals surface area contributed by atoms with Gasteiger partial charge in [0, 0.05) is 25.9 Å². The molecule has 1 N–H and O–H groups in total. The highest BCUT2D eigenvalue weighted by atomic mass is 19.1. The lowest BCUT2D eigenvalue weighted by molar-refractivity contribution is 0.199. The van der Waals surface area contributed by atoms with Crippen LogP contribution in [0, 0.1) is 19.7 Å². The van der Waals surface area contributed by atoms with Crippen LogP contribution >= 0.6 is 0 Å². The molecule has 4 nitrogen and oxygen atoms in total. The molecular formula is C15H20FN3O. The van der Waals surface area contributed by atoms with E-state index in [9.17, 15) is 4.39 Å². The van der Waals surface area contributed by atoms with Crippen molar-refractivity contribution in [1.82, 2.24) is 14.9 Å². The molecule has 1 aromatic carbocycles. The molecule has 0 radical (unpaired) electrons. The van der Waals surface area contributed by atoms with Gasteiger partial charge in [-0.25, -0.2) is 9.37 Å². The Balaban J connectivity index is 2.26. The number of rotatable bonds is 6. The first-order chi connectivity index (χ1) is 9.63. The zero-order valence-corrected chi connectivity index (χ0v) is 12.1. The Hall–Kier alpha value is -1.72. The summed E-state index contributed by atoms with van der Waals surface area (Å²) in [5.74, 6) is -0.230. The molecule has 0 amide bonds. The topological polar surface area (TPSA) is 39.1 Å². The van der Waals surface area contributed by atoms with Crippen LogP contribution in [0.2, 0.25) is 0 Å². The molecule has 1 heterocycles. The van der Waals surface area contributed by atoms with Crippen LogP contribution in [0.3, 0.4) is 0 Å². The van der Waals surface area contributed by atoms with Crippen LogP contribution in [0.5, 0.6) is 0 Å². The van der Waals surface area contributed by atoms with E-state index in [0.29, 0.717) is 13.2 Å². The Morgan fingerprint density at radius 1 is 1.35 bits per heavy atom. The fraction of sp³-hybridized carbons (Fsp3) is 0.400.